The number of aromatic amines is 1. The smallest absolute Gasteiger partial charge is 0.222 e. The van der Waals surface area contributed by atoms with Gasteiger partial charge < -0.3 is 9.88 Å². The fourth-order valence-corrected chi connectivity index (χ4v) is 3.11. The fourth-order valence-electron chi connectivity index (χ4n) is 3.11. The third-order valence-corrected chi connectivity index (χ3v) is 4.53. The van der Waals surface area contributed by atoms with Gasteiger partial charge in [0.2, 0.25) is 5.91 Å². The highest BCUT2D eigenvalue weighted by Gasteiger charge is 2.13. The van der Waals surface area contributed by atoms with E-state index in [2.05, 4.69) is 36.2 Å². The molecule has 2 aromatic carbocycles. The second-order valence-corrected chi connectivity index (χ2v) is 6.07. The van der Waals surface area contributed by atoms with Crippen molar-refractivity contribution in [2.75, 3.05) is 13.1 Å². The zero-order valence-electron chi connectivity index (χ0n) is 14.2. The normalized spacial score (nSPS) is 10.9. The Hall–Kier alpha value is -2.55. The van der Waals surface area contributed by atoms with E-state index in [1.54, 1.807) is 0 Å². The third kappa shape index (κ3) is 3.85. The molecule has 0 radical (unpaired) electrons. The standard InChI is InChI=1S/C21H24N2O/c1-2-23(15-14-17-8-4-3-5-9-17)21(24)13-12-18-16-22-20-11-7-6-10-19(18)20/h3-11,16,22H,2,12-15H2,1H3. The molecule has 3 aromatic rings. The summed E-state index contributed by atoms with van der Waals surface area (Å²) in [5, 5.41) is 1.22. The van der Waals surface area contributed by atoms with Crippen LogP contribution in [0, 0.1) is 0 Å². The molecule has 1 heterocycles. The van der Waals surface area contributed by atoms with Crippen molar-refractivity contribution in [1.82, 2.24) is 9.88 Å². The van der Waals surface area contributed by atoms with Gasteiger partial charge in [0.05, 0.1) is 0 Å². The van der Waals surface area contributed by atoms with Gasteiger partial charge in [0.25, 0.3) is 0 Å². The van der Waals surface area contributed by atoms with Gasteiger partial charge in [0.15, 0.2) is 0 Å². The Bertz CT molecular complexity index is 792. The number of nitrogens with zero attached hydrogens (tertiary/aromatic N) is 1. The lowest BCUT2D eigenvalue weighted by Gasteiger charge is -2.21. The van der Waals surface area contributed by atoms with E-state index in [4.69, 9.17) is 0 Å². The van der Waals surface area contributed by atoms with Gasteiger partial charge in [-0.1, -0.05) is 48.5 Å². The van der Waals surface area contributed by atoms with Crippen LogP contribution >= 0.6 is 0 Å². The van der Waals surface area contributed by atoms with Crippen LogP contribution in [0.5, 0.6) is 0 Å². The van der Waals surface area contributed by atoms with E-state index >= 15 is 0 Å². The molecule has 3 heteroatoms. The number of hydrogen-bond acceptors (Lipinski definition) is 1. The van der Waals surface area contributed by atoms with E-state index in [9.17, 15) is 4.79 Å². The summed E-state index contributed by atoms with van der Waals surface area (Å²) in [5.41, 5.74) is 3.63. The summed E-state index contributed by atoms with van der Waals surface area (Å²) in [6.45, 7) is 3.60. The third-order valence-electron chi connectivity index (χ3n) is 4.53. The molecule has 0 aliphatic heterocycles. The number of rotatable bonds is 7. The topological polar surface area (TPSA) is 36.1 Å². The number of nitrogens with one attached hydrogen (secondary N) is 1. The number of H-pyrrole nitrogens is 1. The van der Waals surface area contributed by atoms with Gasteiger partial charge in [0.1, 0.15) is 0 Å². The van der Waals surface area contributed by atoms with Crippen LogP contribution in [-0.2, 0) is 17.6 Å². The number of benzene rings is 2. The lowest BCUT2D eigenvalue weighted by atomic mass is 10.1. The van der Waals surface area contributed by atoms with E-state index in [1.165, 1.54) is 16.5 Å². The molecule has 0 atom stereocenters. The van der Waals surface area contributed by atoms with Crippen molar-refractivity contribution in [2.45, 2.75) is 26.2 Å². The predicted octanol–water partition coefficient (Wildman–Crippen LogP) is 4.19. The monoisotopic (exact) mass is 320 g/mol. The van der Waals surface area contributed by atoms with Crippen molar-refractivity contribution in [1.29, 1.82) is 0 Å². The zero-order valence-corrected chi connectivity index (χ0v) is 14.2. The minimum atomic E-state index is 0.235. The molecule has 0 fully saturated rings. The first-order valence-electron chi connectivity index (χ1n) is 8.64. The molecule has 1 amide bonds. The van der Waals surface area contributed by atoms with Gasteiger partial charge in [-0.15, -0.1) is 0 Å². The molecule has 0 saturated carbocycles. The first-order valence-corrected chi connectivity index (χ1v) is 8.64. The highest BCUT2D eigenvalue weighted by Crippen LogP contribution is 2.19. The maximum atomic E-state index is 12.5. The van der Waals surface area contributed by atoms with Crippen LogP contribution in [0.4, 0.5) is 0 Å². The molecule has 3 nitrogen and oxygen atoms in total. The summed E-state index contributed by atoms with van der Waals surface area (Å²) < 4.78 is 0. The lowest BCUT2D eigenvalue weighted by Crippen LogP contribution is -2.32. The van der Waals surface area contributed by atoms with E-state index in [0.717, 1.165) is 31.4 Å². The van der Waals surface area contributed by atoms with Gasteiger partial charge in [-0.05, 0) is 37.0 Å². The highest BCUT2D eigenvalue weighted by molar-refractivity contribution is 5.84. The van der Waals surface area contributed by atoms with Gasteiger partial charge in [-0.2, -0.15) is 0 Å². The Morgan fingerprint density at radius 2 is 1.75 bits per heavy atom. The summed E-state index contributed by atoms with van der Waals surface area (Å²) in [7, 11) is 0. The molecule has 124 valence electrons. The molecule has 0 aliphatic rings. The number of aryl methyl sites for hydroxylation is 1. The molecular formula is C21H24N2O. The minimum Gasteiger partial charge on any atom is -0.361 e. The number of para-hydroxylation sites is 1. The van der Waals surface area contributed by atoms with Crippen LogP contribution in [0.15, 0.2) is 60.8 Å². The lowest BCUT2D eigenvalue weighted by molar-refractivity contribution is -0.130. The van der Waals surface area contributed by atoms with Gasteiger partial charge in [-0.3, -0.25) is 4.79 Å². The van der Waals surface area contributed by atoms with Crippen molar-refractivity contribution in [3.8, 4) is 0 Å². The maximum absolute atomic E-state index is 12.5. The van der Waals surface area contributed by atoms with Gasteiger partial charge >= 0.3 is 0 Å². The number of carbonyl (C=O) groups is 1. The molecule has 24 heavy (non-hydrogen) atoms. The maximum Gasteiger partial charge on any atom is 0.222 e. The van der Waals surface area contributed by atoms with Crippen LogP contribution in [0.25, 0.3) is 10.9 Å². The Morgan fingerprint density at radius 3 is 2.54 bits per heavy atom. The quantitative estimate of drug-likeness (QED) is 0.696. The molecule has 0 saturated heterocycles. The number of fused-ring (bicyclic) bond motifs is 1. The zero-order chi connectivity index (χ0) is 16.8. The molecule has 0 aliphatic carbocycles. The number of likely N-dealkylation sites (N-methyl/N-ethyl adjacent to an activating group) is 1. The molecular weight excluding hydrogens is 296 g/mol. The van der Waals surface area contributed by atoms with Gasteiger partial charge in [0, 0.05) is 36.6 Å². The average Bonchev–Trinajstić information content (AvgIpc) is 3.04. The highest BCUT2D eigenvalue weighted by atomic mass is 16.2. The second-order valence-electron chi connectivity index (χ2n) is 6.07. The molecule has 3 rings (SSSR count). The molecule has 0 bridgehead atoms. The van der Waals surface area contributed by atoms with Gasteiger partial charge in [-0.25, -0.2) is 0 Å². The fraction of sp³-hybridized carbons (Fsp3) is 0.286. The van der Waals surface area contributed by atoms with E-state index in [0.29, 0.717) is 6.42 Å². The largest absolute Gasteiger partial charge is 0.361 e. The molecule has 0 spiro atoms. The van der Waals surface area contributed by atoms with Crippen molar-refractivity contribution < 1.29 is 4.79 Å². The number of amides is 1. The molecule has 1 aromatic heterocycles. The van der Waals surface area contributed by atoms with E-state index in [-0.39, 0.29) is 5.91 Å². The summed E-state index contributed by atoms with van der Waals surface area (Å²) in [6, 6.07) is 18.6. The first kappa shape index (κ1) is 16.3. The van der Waals surface area contributed by atoms with Crippen LogP contribution < -0.4 is 0 Å². The van der Waals surface area contributed by atoms with Crippen molar-refractivity contribution in [3.63, 3.8) is 0 Å². The summed E-state index contributed by atoms with van der Waals surface area (Å²) >= 11 is 0. The Balaban J connectivity index is 1.56. The van der Waals surface area contributed by atoms with Crippen LogP contribution in [-0.4, -0.2) is 28.9 Å². The summed E-state index contributed by atoms with van der Waals surface area (Å²) in [5.74, 6) is 0.235. The van der Waals surface area contributed by atoms with Crippen LogP contribution in [0.1, 0.15) is 24.5 Å². The predicted molar refractivity (Wildman–Crippen MR) is 99.0 cm³/mol. The van der Waals surface area contributed by atoms with Crippen molar-refractivity contribution >= 4 is 16.8 Å². The number of hydrogen-bond donors (Lipinski definition) is 1. The summed E-state index contributed by atoms with van der Waals surface area (Å²) in [4.78, 5) is 17.8. The molecule has 1 N–H and O–H groups in total. The second kappa shape index (κ2) is 7.82. The average molecular weight is 320 g/mol. The first-order chi connectivity index (χ1) is 11.8. The summed E-state index contributed by atoms with van der Waals surface area (Å²) in [6.07, 6.45) is 4.28. The van der Waals surface area contributed by atoms with E-state index in [1.807, 2.05) is 41.4 Å². The molecule has 0 unspecified atom stereocenters. The SMILES string of the molecule is CCN(CCc1ccccc1)C(=O)CCc1c[nH]c2ccccc12. The minimum absolute atomic E-state index is 0.235. The Kier molecular flexibility index (Phi) is 5.32. The van der Waals surface area contributed by atoms with Crippen LogP contribution in [0.3, 0.4) is 0 Å². The number of aromatic nitrogens is 1. The number of carbonyl (C=O) groups excluding carboxylic acids is 1. The van der Waals surface area contributed by atoms with Crippen LogP contribution in [0.2, 0.25) is 0 Å². The van der Waals surface area contributed by atoms with Crippen molar-refractivity contribution in [3.05, 3.63) is 71.9 Å². The Morgan fingerprint density at radius 1 is 1.00 bits per heavy atom. The Labute approximate surface area is 143 Å². The van der Waals surface area contributed by atoms with E-state index < -0.39 is 0 Å². The van der Waals surface area contributed by atoms with Crippen molar-refractivity contribution in [2.24, 2.45) is 0 Å².